The van der Waals surface area contributed by atoms with E-state index in [1.165, 1.54) is 6.39 Å². The van der Waals surface area contributed by atoms with Gasteiger partial charge in [-0.25, -0.2) is 4.98 Å². The second kappa shape index (κ2) is 2.60. The molecule has 5 nitrogen and oxygen atoms in total. The molecule has 0 aliphatic carbocycles. The van der Waals surface area contributed by atoms with Crippen molar-refractivity contribution >= 4 is 11.6 Å². The molecule has 62 valence electrons. The van der Waals surface area contributed by atoms with Gasteiger partial charge in [0.1, 0.15) is 0 Å². The van der Waals surface area contributed by atoms with Gasteiger partial charge in [-0.05, 0) is 23.7 Å². The zero-order valence-corrected chi connectivity index (χ0v) is 6.87. The van der Waals surface area contributed by atoms with Crippen molar-refractivity contribution in [3.05, 3.63) is 17.4 Å². The van der Waals surface area contributed by atoms with Crippen LogP contribution >= 0.6 is 11.6 Å². The number of aryl methyl sites for hydroxylation is 1. The second-order valence-electron chi connectivity index (χ2n) is 2.14. The summed E-state index contributed by atoms with van der Waals surface area (Å²) in [6.45, 7) is 1.77. The summed E-state index contributed by atoms with van der Waals surface area (Å²) in [7, 11) is 0. The van der Waals surface area contributed by atoms with E-state index in [0.29, 0.717) is 11.5 Å². The number of nitrogens with zero attached hydrogens (tertiary/aromatic N) is 3. The average Bonchev–Trinajstić information content (AvgIpc) is 2.58. The van der Waals surface area contributed by atoms with Crippen LogP contribution in [0, 0.1) is 6.92 Å². The molecule has 0 aromatic carbocycles. The number of rotatable bonds is 1. The summed E-state index contributed by atoms with van der Waals surface area (Å²) < 4.78 is 9.76. The largest absolute Gasteiger partial charge is 0.438 e. The summed E-state index contributed by atoms with van der Waals surface area (Å²) in [5, 5.41) is 3.46. The first kappa shape index (κ1) is 7.30. The molecule has 0 atom stereocenters. The van der Waals surface area contributed by atoms with Crippen molar-refractivity contribution in [1.82, 2.24) is 15.1 Å². The highest BCUT2D eigenvalue weighted by Crippen LogP contribution is 2.20. The minimum Gasteiger partial charge on any atom is -0.438 e. The lowest BCUT2D eigenvalue weighted by Gasteiger charge is -1.84. The molecule has 0 N–H and O–H groups in total. The molecule has 2 aromatic heterocycles. The molecule has 0 unspecified atom stereocenters. The molecule has 2 aromatic rings. The highest BCUT2D eigenvalue weighted by molar-refractivity contribution is 6.28. The number of hydrogen-bond acceptors (Lipinski definition) is 5. The zero-order valence-electron chi connectivity index (χ0n) is 6.11. The fourth-order valence-electron chi connectivity index (χ4n) is 0.805. The van der Waals surface area contributed by atoms with Crippen LogP contribution in [0.5, 0.6) is 0 Å². The smallest absolute Gasteiger partial charge is 0.296 e. The molecule has 0 spiro atoms. The molecule has 2 rings (SSSR count). The van der Waals surface area contributed by atoms with Crippen molar-refractivity contribution in [3.8, 4) is 11.7 Å². The summed E-state index contributed by atoms with van der Waals surface area (Å²) >= 11 is 5.45. The third-order valence-corrected chi connectivity index (χ3v) is 1.49. The number of hydrogen-bond donors (Lipinski definition) is 0. The Morgan fingerprint density at radius 1 is 1.50 bits per heavy atom. The Kier molecular flexibility index (Phi) is 1.58. The van der Waals surface area contributed by atoms with E-state index in [4.69, 9.17) is 20.5 Å². The van der Waals surface area contributed by atoms with E-state index in [1.54, 1.807) is 6.92 Å². The first-order valence-corrected chi connectivity index (χ1v) is 3.55. The molecule has 0 fully saturated rings. The van der Waals surface area contributed by atoms with E-state index in [1.807, 2.05) is 0 Å². The van der Waals surface area contributed by atoms with Crippen molar-refractivity contribution in [2.24, 2.45) is 0 Å². The van der Waals surface area contributed by atoms with Crippen LogP contribution in [0.1, 0.15) is 5.69 Å². The van der Waals surface area contributed by atoms with Gasteiger partial charge in [0.05, 0.1) is 5.69 Å². The first-order chi connectivity index (χ1) is 5.77. The lowest BCUT2D eigenvalue weighted by molar-refractivity contribution is 0.414. The highest BCUT2D eigenvalue weighted by atomic mass is 35.5. The van der Waals surface area contributed by atoms with Gasteiger partial charge in [-0.1, -0.05) is 0 Å². The quantitative estimate of drug-likeness (QED) is 0.676. The van der Waals surface area contributed by atoms with Gasteiger partial charge >= 0.3 is 0 Å². The van der Waals surface area contributed by atoms with Crippen LogP contribution < -0.4 is 0 Å². The summed E-state index contributed by atoms with van der Waals surface area (Å²) in [4.78, 5) is 7.63. The van der Waals surface area contributed by atoms with Crippen LogP contribution in [0.15, 0.2) is 15.3 Å². The number of halogens is 1. The van der Waals surface area contributed by atoms with E-state index in [2.05, 4.69) is 15.1 Å². The van der Waals surface area contributed by atoms with Crippen LogP contribution in [0.4, 0.5) is 0 Å². The maximum absolute atomic E-state index is 5.45. The molecule has 0 aliphatic rings. The monoisotopic (exact) mass is 185 g/mol. The third kappa shape index (κ3) is 1.08. The average molecular weight is 186 g/mol. The van der Waals surface area contributed by atoms with Crippen molar-refractivity contribution in [2.75, 3.05) is 0 Å². The second-order valence-corrected chi connectivity index (χ2v) is 2.47. The molecular formula is C6H4ClN3O2. The molecule has 0 amide bonds. The number of oxazole rings is 1. The minimum atomic E-state index is 0.0563. The third-order valence-electron chi connectivity index (χ3n) is 1.34. The van der Waals surface area contributed by atoms with Gasteiger partial charge in [0.25, 0.3) is 11.2 Å². The topological polar surface area (TPSA) is 65.0 Å². The summed E-state index contributed by atoms with van der Waals surface area (Å²) in [5.74, 6) is 0.699. The van der Waals surface area contributed by atoms with Crippen LogP contribution in [0.3, 0.4) is 0 Å². The summed E-state index contributed by atoms with van der Waals surface area (Å²) in [5.41, 5.74) is 0.690. The number of aromatic nitrogens is 3. The van der Waals surface area contributed by atoms with E-state index in [-0.39, 0.29) is 11.2 Å². The van der Waals surface area contributed by atoms with Gasteiger partial charge in [0.15, 0.2) is 6.39 Å². The Morgan fingerprint density at radius 3 is 2.83 bits per heavy atom. The molecule has 0 bridgehead atoms. The van der Waals surface area contributed by atoms with E-state index in [0.717, 1.165) is 0 Å². The first-order valence-electron chi connectivity index (χ1n) is 3.17. The molecule has 0 aliphatic heterocycles. The van der Waals surface area contributed by atoms with Crippen LogP contribution in [-0.4, -0.2) is 15.1 Å². The fourth-order valence-corrected chi connectivity index (χ4v) is 0.916. The van der Waals surface area contributed by atoms with Gasteiger partial charge < -0.3 is 8.94 Å². The van der Waals surface area contributed by atoms with Crippen LogP contribution in [0.25, 0.3) is 11.7 Å². The van der Waals surface area contributed by atoms with Crippen molar-refractivity contribution < 1.29 is 8.94 Å². The Hall–Kier alpha value is -1.36. The normalized spacial score (nSPS) is 10.5. The Balaban J connectivity index is 2.50. The molecule has 0 saturated carbocycles. The van der Waals surface area contributed by atoms with Gasteiger partial charge in [-0.15, -0.1) is 0 Å². The Bertz CT molecular complexity index is 395. The molecule has 0 radical (unpaired) electrons. The molecule has 2 heterocycles. The van der Waals surface area contributed by atoms with Gasteiger partial charge in [0.2, 0.25) is 5.76 Å². The van der Waals surface area contributed by atoms with Crippen molar-refractivity contribution in [2.45, 2.75) is 6.92 Å². The lowest BCUT2D eigenvalue weighted by atomic mass is 10.4. The predicted molar refractivity (Wildman–Crippen MR) is 39.5 cm³/mol. The lowest BCUT2D eigenvalue weighted by Crippen LogP contribution is -1.77. The van der Waals surface area contributed by atoms with E-state index < -0.39 is 0 Å². The fraction of sp³-hybridized carbons (Fsp3) is 0.167. The van der Waals surface area contributed by atoms with Crippen molar-refractivity contribution in [3.63, 3.8) is 0 Å². The van der Waals surface area contributed by atoms with Crippen LogP contribution in [-0.2, 0) is 0 Å². The summed E-state index contributed by atoms with van der Waals surface area (Å²) in [6.07, 6.45) is 1.31. The minimum absolute atomic E-state index is 0.0563. The SMILES string of the molecule is Cc1ncoc1-c1nc(Cl)no1. The maximum Gasteiger partial charge on any atom is 0.296 e. The zero-order chi connectivity index (χ0) is 8.55. The molecular weight excluding hydrogens is 182 g/mol. The Morgan fingerprint density at radius 2 is 2.33 bits per heavy atom. The maximum atomic E-state index is 5.45. The molecule has 12 heavy (non-hydrogen) atoms. The summed E-state index contributed by atoms with van der Waals surface area (Å²) in [6, 6.07) is 0. The molecule has 6 heteroatoms. The van der Waals surface area contributed by atoms with Gasteiger partial charge in [0, 0.05) is 0 Å². The van der Waals surface area contributed by atoms with Crippen molar-refractivity contribution in [1.29, 1.82) is 0 Å². The highest BCUT2D eigenvalue weighted by Gasteiger charge is 2.13. The van der Waals surface area contributed by atoms with E-state index in [9.17, 15) is 0 Å². The van der Waals surface area contributed by atoms with Crippen LogP contribution in [0.2, 0.25) is 5.28 Å². The Labute approximate surface area is 72.4 Å². The predicted octanol–water partition coefficient (Wildman–Crippen LogP) is 1.69. The van der Waals surface area contributed by atoms with Gasteiger partial charge in [-0.2, -0.15) is 4.98 Å². The standard InChI is InChI=1S/C6H4ClN3O2/c1-3-4(11-2-8-3)5-9-6(7)10-12-5/h2H,1H3. The molecule has 0 saturated heterocycles. The van der Waals surface area contributed by atoms with E-state index >= 15 is 0 Å². The van der Waals surface area contributed by atoms with Gasteiger partial charge in [-0.3, -0.25) is 0 Å².